The van der Waals surface area contributed by atoms with E-state index in [1.165, 1.54) is 22.2 Å². The molecule has 1 aliphatic heterocycles. The van der Waals surface area contributed by atoms with Crippen molar-refractivity contribution in [1.29, 1.82) is 0 Å². The molecule has 0 atom stereocenters. The highest BCUT2D eigenvalue weighted by Gasteiger charge is 2.21. The van der Waals surface area contributed by atoms with Crippen molar-refractivity contribution in [3.8, 4) is 0 Å². The van der Waals surface area contributed by atoms with Crippen LogP contribution >= 0.6 is 34.7 Å². The number of nitrogen functional groups attached to an aromatic ring is 1. The second-order valence-electron chi connectivity index (χ2n) is 4.91. The maximum atomic E-state index is 12.3. The summed E-state index contributed by atoms with van der Waals surface area (Å²) in [6, 6.07) is 7.45. The third-order valence-electron chi connectivity index (χ3n) is 3.49. The number of nitrogens with zero attached hydrogens (tertiary/aromatic N) is 1. The third kappa shape index (κ3) is 3.36. The van der Waals surface area contributed by atoms with Crippen LogP contribution in [0.15, 0.2) is 34.5 Å². The van der Waals surface area contributed by atoms with E-state index in [0.717, 1.165) is 24.4 Å². The molecule has 0 aliphatic carbocycles. The largest absolute Gasteiger partial charge is 0.398 e. The zero-order chi connectivity index (χ0) is 14.8. The third-order valence-corrected chi connectivity index (χ3v) is 5.80. The van der Waals surface area contributed by atoms with E-state index in [2.05, 4.69) is 11.4 Å². The van der Waals surface area contributed by atoms with Gasteiger partial charge in [-0.1, -0.05) is 11.6 Å². The maximum absolute atomic E-state index is 12.3. The standard InChI is InChI=1S/C15H15ClN2OS2/c16-11-1-2-12(17)14(7-11)21-9-15(19)18-5-3-13-10(8-18)4-6-20-13/h1-2,4,6-7H,3,5,8-9,17H2. The SMILES string of the molecule is Nc1ccc(Cl)cc1SCC(=O)N1CCc2sccc2C1. The van der Waals surface area contributed by atoms with Gasteiger partial charge in [-0.2, -0.15) is 0 Å². The molecule has 0 saturated carbocycles. The van der Waals surface area contributed by atoms with Crippen LogP contribution in [0.1, 0.15) is 10.4 Å². The number of thiophene rings is 1. The number of hydrogen-bond donors (Lipinski definition) is 1. The fourth-order valence-electron chi connectivity index (χ4n) is 2.33. The number of amides is 1. The summed E-state index contributed by atoms with van der Waals surface area (Å²) < 4.78 is 0. The van der Waals surface area contributed by atoms with E-state index in [-0.39, 0.29) is 5.91 Å². The van der Waals surface area contributed by atoms with Gasteiger partial charge in [0.2, 0.25) is 5.91 Å². The van der Waals surface area contributed by atoms with Crippen LogP contribution < -0.4 is 5.73 Å². The lowest BCUT2D eigenvalue weighted by Gasteiger charge is -2.27. The summed E-state index contributed by atoms with van der Waals surface area (Å²) in [7, 11) is 0. The van der Waals surface area contributed by atoms with Crippen molar-refractivity contribution in [3.05, 3.63) is 45.1 Å². The first-order valence-corrected chi connectivity index (χ1v) is 8.88. The van der Waals surface area contributed by atoms with Gasteiger partial charge in [0.15, 0.2) is 0 Å². The van der Waals surface area contributed by atoms with E-state index >= 15 is 0 Å². The molecule has 3 rings (SSSR count). The van der Waals surface area contributed by atoms with Gasteiger partial charge in [0, 0.05) is 33.6 Å². The van der Waals surface area contributed by atoms with Gasteiger partial charge in [0.05, 0.1) is 5.75 Å². The quantitative estimate of drug-likeness (QED) is 0.686. The lowest BCUT2D eigenvalue weighted by Crippen LogP contribution is -2.36. The van der Waals surface area contributed by atoms with Crippen LogP contribution in [0.2, 0.25) is 5.02 Å². The van der Waals surface area contributed by atoms with E-state index in [1.807, 2.05) is 11.0 Å². The molecule has 21 heavy (non-hydrogen) atoms. The van der Waals surface area contributed by atoms with E-state index in [0.29, 0.717) is 16.5 Å². The summed E-state index contributed by atoms with van der Waals surface area (Å²) in [5.74, 6) is 0.542. The Bertz CT molecular complexity index is 671. The van der Waals surface area contributed by atoms with Gasteiger partial charge < -0.3 is 10.6 Å². The van der Waals surface area contributed by atoms with Crippen LogP contribution in [-0.4, -0.2) is 23.1 Å². The topological polar surface area (TPSA) is 46.3 Å². The molecule has 0 radical (unpaired) electrons. The summed E-state index contributed by atoms with van der Waals surface area (Å²) >= 11 is 9.19. The molecule has 6 heteroatoms. The molecular formula is C15H15ClN2OS2. The van der Waals surface area contributed by atoms with Crippen molar-refractivity contribution >= 4 is 46.3 Å². The lowest BCUT2D eigenvalue weighted by molar-refractivity contribution is -0.129. The van der Waals surface area contributed by atoms with E-state index in [9.17, 15) is 4.79 Å². The van der Waals surface area contributed by atoms with Crippen molar-refractivity contribution in [3.63, 3.8) is 0 Å². The summed E-state index contributed by atoms with van der Waals surface area (Å²) in [5, 5.41) is 2.74. The molecule has 1 aromatic carbocycles. The smallest absolute Gasteiger partial charge is 0.233 e. The number of rotatable bonds is 3. The number of hydrogen-bond acceptors (Lipinski definition) is 4. The maximum Gasteiger partial charge on any atom is 0.233 e. The fourth-order valence-corrected chi connectivity index (χ4v) is 4.36. The minimum absolute atomic E-state index is 0.149. The average Bonchev–Trinajstić information content (AvgIpc) is 2.95. The molecule has 2 heterocycles. The molecule has 1 amide bonds. The highest BCUT2D eigenvalue weighted by molar-refractivity contribution is 8.00. The van der Waals surface area contributed by atoms with Crippen LogP contribution in [0, 0.1) is 0 Å². The summed E-state index contributed by atoms with van der Waals surface area (Å²) in [5.41, 5.74) is 7.85. The van der Waals surface area contributed by atoms with Gasteiger partial charge in [-0.05, 0) is 41.6 Å². The molecule has 0 saturated heterocycles. The Hall–Kier alpha value is -1.17. The van der Waals surface area contributed by atoms with E-state index < -0.39 is 0 Å². The van der Waals surface area contributed by atoms with Crippen LogP contribution in [-0.2, 0) is 17.8 Å². The number of thioether (sulfide) groups is 1. The highest BCUT2D eigenvalue weighted by atomic mass is 35.5. The number of nitrogens with two attached hydrogens (primary N) is 1. The van der Waals surface area contributed by atoms with E-state index in [1.54, 1.807) is 23.5 Å². The Morgan fingerprint density at radius 2 is 2.29 bits per heavy atom. The van der Waals surface area contributed by atoms with Crippen molar-refractivity contribution < 1.29 is 4.79 Å². The Balaban J connectivity index is 1.61. The first kappa shape index (κ1) is 14.8. The Labute approximate surface area is 137 Å². The minimum atomic E-state index is 0.149. The molecule has 1 aromatic heterocycles. The molecular weight excluding hydrogens is 324 g/mol. The number of anilines is 1. The molecule has 0 fully saturated rings. The van der Waals surface area contributed by atoms with Gasteiger partial charge in [-0.25, -0.2) is 0 Å². The van der Waals surface area contributed by atoms with Crippen LogP contribution in [0.3, 0.4) is 0 Å². The normalized spacial score (nSPS) is 14.0. The van der Waals surface area contributed by atoms with Crippen LogP contribution in [0.25, 0.3) is 0 Å². The zero-order valence-corrected chi connectivity index (χ0v) is 13.7. The Morgan fingerprint density at radius 1 is 1.43 bits per heavy atom. The molecule has 1 aliphatic rings. The number of benzene rings is 1. The van der Waals surface area contributed by atoms with Gasteiger partial charge in [0.25, 0.3) is 0 Å². The Morgan fingerprint density at radius 3 is 3.14 bits per heavy atom. The number of fused-ring (bicyclic) bond motifs is 1. The predicted octanol–water partition coefficient (Wildman–Crippen LogP) is 3.66. The second-order valence-corrected chi connectivity index (χ2v) is 7.36. The molecule has 0 unspecified atom stereocenters. The summed E-state index contributed by atoms with van der Waals surface area (Å²) in [4.78, 5) is 16.5. The van der Waals surface area contributed by atoms with Gasteiger partial charge in [0.1, 0.15) is 0 Å². The molecule has 3 nitrogen and oxygen atoms in total. The minimum Gasteiger partial charge on any atom is -0.398 e. The number of carbonyl (C=O) groups excluding carboxylic acids is 1. The first-order valence-electron chi connectivity index (χ1n) is 6.64. The first-order chi connectivity index (χ1) is 10.1. The van der Waals surface area contributed by atoms with Gasteiger partial charge in [-0.3, -0.25) is 4.79 Å². The van der Waals surface area contributed by atoms with Crippen molar-refractivity contribution in [2.75, 3.05) is 18.0 Å². The number of halogens is 1. The van der Waals surface area contributed by atoms with Crippen molar-refractivity contribution in [2.24, 2.45) is 0 Å². The monoisotopic (exact) mass is 338 g/mol. The molecule has 2 N–H and O–H groups in total. The van der Waals surface area contributed by atoms with E-state index in [4.69, 9.17) is 17.3 Å². The molecule has 2 aromatic rings. The van der Waals surface area contributed by atoms with Gasteiger partial charge in [-0.15, -0.1) is 23.1 Å². The summed E-state index contributed by atoms with van der Waals surface area (Å²) in [6.07, 6.45) is 0.961. The van der Waals surface area contributed by atoms with Crippen LogP contribution in [0.5, 0.6) is 0 Å². The average molecular weight is 339 g/mol. The lowest BCUT2D eigenvalue weighted by atomic mass is 10.1. The number of carbonyl (C=O) groups is 1. The van der Waals surface area contributed by atoms with Crippen molar-refractivity contribution in [2.45, 2.75) is 17.9 Å². The van der Waals surface area contributed by atoms with Crippen LogP contribution in [0.4, 0.5) is 5.69 Å². The highest BCUT2D eigenvalue weighted by Crippen LogP contribution is 2.29. The summed E-state index contributed by atoms with van der Waals surface area (Å²) in [6.45, 7) is 1.53. The Kier molecular flexibility index (Phi) is 4.42. The molecule has 0 bridgehead atoms. The predicted molar refractivity (Wildman–Crippen MR) is 90.0 cm³/mol. The zero-order valence-electron chi connectivity index (χ0n) is 11.3. The fraction of sp³-hybridized carbons (Fsp3) is 0.267. The molecule has 110 valence electrons. The van der Waals surface area contributed by atoms with Gasteiger partial charge >= 0.3 is 0 Å². The second kappa shape index (κ2) is 6.30. The van der Waals surface area contributed by atoms with Crippen molar-refractivity contribution in [1.82, 2.24) is 4.90 Å². The molecule has 0 spiro atoms.